The molecule has 2 rings (SSSR count). The molecule has 0 radical (unpaired) electrons. The van der Waals surface area contributed by atoms with Crippen LogP contribution in [-0.2, 0) is 6.42 Å². The molecule has 0 fully saturated rings. The van der Waals surface area contributed by atoms with Gasteiger partial charge < -0.3 is 4.98 Å². The van der Waals surface area contributed by atoms with Crippen LogP contribution in [0.3, 0.4) is 0 Å². The molecule has 1 N–H and O–H groups in total. The molecule has 1 aromatic carbocycles. The highest BCUT2D eigenvalue weighted by atomic mass is 79.9. The first-order chi connectivity index (χ1) is 8.97. The van der Waals surface area contributed by atoms with Crippen LogP contribution in [0.2, 0.25) is 0 Å². The molecule has 0 aliphatic carbocycles. The molecule has 0 amide bonds. The Bertz CT molecular complexity index is 635. The summed E-state index contributed by atoms with van der Waals surface area (Å²) in [6.07, 6.45) is 0.608. The Balaban J connectivity index is 2.35. The highest BCUT2D eigenvalue weighted by molar-refractivity contribution is 9.10. The van der Waals surface area contributed by atoms with Crippen LogP contribution in [-0.4, -0.2) is 9.97 Å². The van der Waals surface area contributed by atoms with Crippen LogP contribution in [0.5, 0.6) is 0 Å². The molecular weight excluding hydrogens is 327 g/mol. The van der Waals surface area contributed by atoms with E-state index in [-0.39, 0.29) is 5.82 Å². The number of nitrogens with one attached hydrogen (secondary N) is 1. The molecule has 19 heavy (non-hydrogen) atoms. The number of hydrogen-bond acceptors (Lipinski definition) is 2. The van der Waals surface area contributed by atoms with E-state index in [0.717, 1.165) is 21.6 Å². The predicted octanol–water partition coefficient (Wildman–Crippen LogP) is 4.75. The average Bonchev–Trinajstić information content (AvgIpc) is 2.36. The Hall–Kier alpha value is -1.07. The molecule has 0 unspecified atom stereocenters. The first kappa shape index (κ1) is 14.3. The molecule has 0 saturated carbocycles. The second-order valence-corrected chi connectivity index (χ2v) is 5.85. The maximum absolute atomic E-state index is 12.9. The lowest BCUT2D eigenvalue weighted by molar-refractivity contribution is 0.627. The third kappa shape index (κ3) is 3.48. The predicted molar refractivity (Wildman–Crippen MR) is 80.4 cm³/mol. The Morgan fingerprint density at radius 2 is 1.95 bits per heavy atom. The van der Waals surface area contributed by atoms with Crippen molar-refractivity contribution in [3.8, 4) is 0 Å². The highest BCUT2D eigenvalue weighted by Gasteiger charge is 2.10. The summed E-state index contributed by atoms with van der Waals surface area (Å²) in [6, 6.07) is 6.41. The summed E-state index contributed by atoms with van der Waals surface area (Å²) in [7, 11) is 0. The van der Waals surface area contributed by atoms with E-state index in [1.165, 1.54) is 12.1 Å². The number of benzene rings is 1. The third-order valence-corrected chi connectivity index (χ3v) is 4.16. The van der Waals surface area contributed by atoms with Gasteiger partial charge in [0.25, 0.3) is 0 Å². The van der Waals surface area contributed by atoms with Gasteiger partial charge in [0.15, 0.2) is 0 Å². The van der Waals surface area contributed by atoms with Gasteiger partial charge >= 0.3 is 0 Å². The van der Waals surface area contributed by atoms with Gasteiger partial charge in [0.2, 0.25) is 0 Å². The van der Waals surface area contributed by atoms with Gasteiger partial charge in [0, 0.05) is 12.1 Å². The monoisotopic (exact) mass is 340 g/mol. The van der Waals surface area contributed by atoms with Crippen molar-refractivity contribution in [1.82, 2.24) is 9.97 Å². The molecule has 0 aliphatic rings. The van der Waals surface area contributed by atoms with Crippen LogP contribution in [0.15, 0.2) is 28.7 Å². The molecule has 5 heteroatoms. The Morgan fingerprint density at radius 1 is 1.32 bits per heavy atom. The minimum atomic E-state index is -0.233. The maximum Gasteiger partial charge on any atom is 0.144 e. The topological polar surface area (TPSA) is 28.7 Å². The SMILES string of the molecule is CC(C)c1[nH]c(Cc2ccc(F)cc2)nc(=S)c1Br. The number of rotatable bonds is 3. The molecule has 0 bridgehead atoms. The second kappa shape index (κ2) is 5.92. The molecule has 2 aromatic rings. The molecule has 0 saturated heterocycles. The minimum Gasteiger partial charge on any atom is -0.346 e. The number of H-pyrrole nitrogens is 1. The number of hydrogen-bond donors (Lipinski definition) is 1. The van der Waals surface area contributed by atoms with Crippen molar-refractivity contribution in [1.29, 1.82) is 0 Å². The van der Waals surface area contributed by atoms with Crippen molar-refractivity contribution in [2.75, 3.05) is 0 Å². The number of aromatic nitrogens is 2. The quantitative estimate of drug-likeness (QED) is 0.816. The summed E-state index contributed by atoms with van der Waals surface area (Å²) >= 11 is 8.71. The standard InChI is InChI=1S/C14H14BrFN2S/c1-8(2)13-12(15)14(19)18-11(17-13)7-9-3-5-10(16)6-4-9/h3-6,8H,7H2,1-2H3,(H,17,18,19). The third-order valence-electron chi connectivity index (χ3n) is 2.80. The fourth-order valence-electron chi connectivity index (χ4n) is 1.80. The van der Waals surface area contributed by atoms with Gasteiger partial charge in [-0.3, -0.25) is 0 Å². The smallest absolute Gasteiger partial charge is 0.144 e. The van der Waals surface area contributed by atoms with E-state index in [4.69, 9.17) is 12.2 Å². The zero-order valence-corrected chi connectivity index (χ0v) is 13.1. The first-order valence-corrected chi connectivity index (χ1v) is 7.20. The van der Waals surface area contributed by atoms with E-state index in [9.17, 15) is 4.39 Å². The molecule has 2 nitrogen and oxygen atoms in total. The number of halogens is 2. The summed E-state index contributed by atoms with van der Waals surface area (Å²) < 4.78 is 14.3. The van der Waals surface area contributed by atoms with Crippen molar-refractivity contribution in [3.05, 3.63) is 56.3 Å². The summed E-state index contributed by atoms with van der Waals surface area (Å²) in [5.74, 6) is 0.887. The lowest BCUT2D eigenvalue weighted by Gasteiger charge is -2.11. The van der Waals surface area contributed by atoms with E-state index in [2.05, 4.69) is 39.7 Å². The van der Waals surface area contributed by atoms with Gasteiger partial charge in [-0.15, -0.1) is 0 Å². The summed E-state index contributed by atoms with van der Waals surface area (Å²) in [4.78, 5) is 7.65. The minimum absolute atomic E-state index is 0.233. The average molecular weight is 341 g/mol. The molecule has 0 atom stereocenters. The van der Waals surface area contributed by atoms with Gasteiger partial charge in [-0.25, -0.2) is 9.37 Å². The fourth-order valence-corrected chi connectivity index (χ4v) is 2.67. The van der Waals surface area contributed by atoms with Crippen LogP contribution in [0.1, 0.15) is 36.8 Å². The van der Waals surface area contributed by atoms with Gasteiger partial charge in [0.05, 0.1) is 4.47 Å². The first-order valence-electron chi connectivity index (χ1n) is 6.00. The van der Waals surface area contributed by atoms with Crippen molar-refractivity contribution in [3.63, 3.8) is 0 Å². The van der Waals surface area contributed by atoms with E-state index in [0.29, 0.717) is 17.0 Å². The van der Waals surface area contributed by atoms with Gasteiger partial charge in [0.1, 0.15) is 16.3 Å². The summed E-state index contributed by atoms with van der Waals surface area (Å²) in [5.41, 5.74) is 2.04. The van der Waals surface area contributed by atoms with Gasteiger partial charge in [-0.05, 0) is 39.5 Å². The zero-order valence-electron chi connectivity index (χ0n) is 10.7. The molecule has 1 aromatic heterocycles. The van der Waals surface area contributed by atoms with Crippen molar-refractivity contribution in [2.24, 2.45) is 0 Å². The molecule has 0 spiro atoms. The van der Waals surface area contributed by atoms with E-state index >= 15 is 0 Å². The van der Waals surface area contributed by atoms with Crippen molar-refractivity contribution in [2.45, 2.75) is 26.2 Å². The van der Waals surface area contributed by atoms with Crippen molar-refractivity contribution < 1.29 is 4.39 Å². The molecule has 1 heterocycles. The Labute approximate surface area is 125 Å². The highest BCUT2D eigenvalue weighted by Crippen LogP contribution is 2.23. The Morgan fingerprint density at radius 3 is 2.53 bits per heavy atom. The normalized spacial score (nSPS) is 11.0. The zero-order chi connectivity index (χ0) is 14.0. The van der Waals surface area contributed by atoms with Crippen LogP contribution in [0.25, 0.3) is 0 Å². The fraction of sp³-hybridized carbons (Fsp3) is 0.286. The largest absolute Gasteiger partial charge is 0.346 e. The summed E-state index contributed by atoms with van der Waals surface area (Å²) in [5, 5.41) is 0. The lowest BCUT2D eigenvalue weighted by Crippen LogP contribution is -2.04. The summed E-state index contributed by atoms with van der Waals surface area (Å²) in [6.45, 7) is 4.18. The maximum atomic E-state index is 12.9. The van der Waals surface area contributed by atoms with E-state index in [1.807, 2.05) is 0 Å². The van der Waals surface area contributed by atoms with Gasteiger partial charge in [-0.1, -0.05) is 38.2 Å². The Kier molecular flexibility index (Phi) is 4.47. The lowest BCUT2D eigenvalue weighted by atomic mass is 10.1. The van der Waals surface area contributed by atoms with E-state index in [1.54, 1.807) is 12.1 Å². The van der Waals surface area contributed by atoms with Crippen LogP contribution in [0, 0.1) is 10.5 Å². The van der Waals surface area contributed by atoms with Crippen LogP contribution in [0.4, 0.5) is 4.39 Å². The van der Waals surface area contributed by atoms with E-state index < -0.39 is 0 Å². The number of aromatic amines is 1. The molecular formula is C14H14BrFN2S. The van der Waals surface area contributed by atoms with Crippen LogP contribution >= 0.6 is 28.1 Å². The molecule has 0 aliphatic heterocycles. The number of nitrogens with zero attached hydrogens (tertiary/aromatic N) is 1. The van der Waals surface area contributed by atoms with Gasteiger partial charge in [-0.2, -0.15) is 0 Å². The van der Waals surface area contributed by atoms with Crippen LogP contribution < -0.4 is 0 Å². The molecule has 100 valence electrons. The second-order valence-electron chi connectivity index (χ2n) is 4.67. The van der Waals surface area contributed by atoms with Crippen molar-refractivity contribution >= 4 is 28.1 Å².